The molecule has 1 aliphatic carbocycles. The second-order valence-electron chi connectivity index (χ2n) is 7.61. The summed E-state index contributed by atoms with van der Waals surface area (Å²) in [6, 6.07) is 4.01. The first kappa shape index (κ1) is 19.0. The molecule has 1 saturated heterocycles. The predicted molar refractivity (Wildman–Crippen MR) is 101 cm³/mol. The Kier molecular flexibility index (Phi) is 4.92. The third-order valence-corrected chi connectivity index (χ3v) is 6.66. The van der Waals surface area contributed by atoms with Crippen LogP contribution in [0, 0.1) is 26.7 Å². The number of ketones is 2. The van der Waals surface area contributed by atoms with Crippen LogP contribution in [0.25, 0.3) is 0 Å². The number of rotatable bonds is 3. The van der Waals surface area contributed by atoms with Crippen LogP contribution in [0.2, 0.25) is 0 Å². The smallest absolute Gasteiger partial charge is 0.211 e. The first-order valence-electron chi connectivity index (χ1n) is 8.88. The highest BCUT2D eigenvalue weighted by molar-refractivity contribution is 7.88. The summed E-state index contributed by atoms with van der Waals surface area (Å²) in [5, 5.41) is 0. The standard InChI is InChI=1S/C20H25NO4S/c1-12-7-13(2)18(14(3)8-12)19-17(22)10-16(20(19)23)9-15-5-6-21(11-15)26(4,24)25/h7-9,15,19H,5-6,10-11H2,1-4H3. The van der Waals surface area contributed by atoms with Crippen molar-refractivity contribution in [1.82, 2.24) is 4.31 Å². The van der Waals surface area contributed by atoms with Crippen molar-refractivity contribution in [2.75, 3.05) is 19.3 Å². The molecular formula is C20H25NO4S. The zero-order valence-electron chi connectivity index (χ0n) is 15.7. The van der Waals surface area contributed by atoms with Crippen molar-refractivity contribution in [3.8, 4) is 0 Å². The van der Waals surface area contributed by atoms with Gasteiger partial charge in [0.1, 0.15) is 5.92 Å². The molecule has 3 rings (SSSR count). The fraction of sp³-hybridized carbons (Fsp3) is 0.500. The Balaban J connectivity index is 1.87. The molecule has 140 valence electrons. The van der Waals surface area contributed by atoms with Crippen LogP contribution in [0.15, 0.2) is 23.8 Å². The molecule has 2 fully saturated rings. The van der Waals surface area contributed by atoms with E-state index < -0.39 is 15.9 Å². The summed E-state index contributed by atoms with van der Waals surface area (Å²) in [6.45, 7) is 6.74. The Morgan fingerprint density at radius 1 is 1.12 bits per heavy atom. The average Bonchev–Trinajstić information content (AvgIpc) is 3.07. The van der Waals surface area contributed by atoms with Gasteiger partial charge in [-0.2, -0.15) is 0 Å². The maximum absolute atomic E-state index is 13.0. The van der Waals surface area contributed by atoms with Gasteiger partial charge in [-0.1, -0.05) is 23.8 Å². The Morgan fingerprint density at radius 3 is 2.27 bits per heavy atom. The van der Waals surface area contributed by atoms with Crippen LogP contribution in [0.4, 0.5) is 0 Å². The lowest BCUT2D eigenvalue weighted by atomic mass is 9.87. The molecule has 0 aromatic heterocycles. The van der Waals surface area contributed by atoms with E-state index in [-0.39, 0.29) is 23.9 Å². The first-order valence-corrected chi connectivity index (χ1v) is 10.7. The number of allylic oxidation sites excluding steroid dienone is 1. The molecule has 26 heavy (non-hydrogen) atoms. The predicted octanol–water partition coefficient (Wildman–Crippen LogP) is 2.45. The minimum atomic E-state index is -3.21. The minimum absolute atomic E-state index is 0.00423. The molecule has 2 aliphatic rings. The minimum Gasteiger partial charge on any atom is -0.298 e. The molecule has 1 aromatic carbocycles. The summed E-state index contributed by atoms with van der Waals surface area (Å²) in [7, 11) is -3.21. The first-order chi connectivity index (χ1) is 12.1. The Labute approximate surface area is 155 Å². The Hall–Kier alpha value is -1.79. The molecule has 5 nitrogen and oxygen atoms in total. The van der Waals surface area contributed by atoms with E-state index in [0.717, 1.165) is 22.3 Å². The Morgan fingerprint density at radius 2 is 1.73 bits per heavy atom. The van der Waals surface area contributed by atoms with Gasteiger partial charge in [-0.3, -0.25) is 9.59 Å². The second-order valence-corrected chi connectivity index (χ2v) is 9.60. The SMILES string of the molecule is Cc1cc(C)c(C2C(=O)CC(=CC3CCN(S(C)(=O)=O)C3)C2=O)c(C)c1. The van der Waals surface area contributed by atoms with Gasteiger partial charge in [-0.25, -0.2) is 12.7 Å². The fourth-order valence-corrected chi connectivity index (χ4v) is 5.16. The van der Waals surface area contributed by atoms with Gasteiger partial charge in [-0.05, 0) is 55.4 Å². The van der Waals surface area contributed by atoms with Crippen molar-refractivity contribution in [2.24, 2.45) is 5.92 Å². The maximum Gasteiger partial charge on any atom is 0.211 e. The van der Waals surface area contributed by atoms with Gasteiger partial charge >= 0.3 is 0 Å². The zero-order chi connectivity index (χ0) is 19.2. The van der Waals surface area contributed by atoms with Gasteiger partial charge in [0.2, 0.25) is 10.0 Å². The van der Waals surface area contributed by atoms with E-state index in [9.17, 15) is 18.0 Å². The molecular weight excluding hydrogens is 350 g/mol. The van der Waals surface area contributed by atoms with Crippen molar-refractivity contribution in [1.29, 1.82) is 0 Å². The normalized spacial score (nSPS) is 26.2. The van der Waals surface area contributed by atoms with Gasteiger partial charge in [-0.15, -0.1) is 0 Å². The Bertz CT molecular complexity index is 891. The fourth-order valence-electron chi connectivity index (χ4n) is 4.26. The topological polar surface area (TPSA) is 71.5 Å². The number of aryl methyl sites for hydroxylation is 3. The van der Waals surface area contributed by atoms with Crippen LogP contribution in [-0.2, 0) is 19.6 Å². The molecule has 1 aliphatic heterocycles. The van der Waals surface area contributed by atoms with Crippen LogP contribution in [-0.4, -0.2) is 43.6 Å². The van der Waals surface area contributed by atoms with Crippen molar-refractivity contribution < 1.29 is 18.0 Å². The van der Waals surface area contributed by atoms with E-state index in [2.05, 4.69) is 0 Å². The number of nitrogens with zero attached hydrogens (tertiary/aromatic N) is 1. The summed E-state index contributed by atoms with van der Waals surface area (Å²) in [6.07, 6.45) is 3.87. The molecule has 0 radical (unpaired) electrons. The van der Waals surface area contributed by atoms with E-state index in [1.165, 1.54) is 10.6 Å². The van der Waals surface area contributed by atoms with Crippen LogP contribution < -0.4 is 0 Å². The van der Waals surface area contributed by atoms with Crippen molar-refractivity contribution >= 4 is 21.6 Å². The number of hydrogen-bond donors (Lipinski definition) is 0. The number of carbonyl (C=O) groups is 2. The molecule has 2 unspecified atom stereocenters. The van der Waals surface area contributed by atoms with Crippen LogP contribution >= 0.6 is 0 Å². The van der Waals surface area contributed by atoms with Crippen LogP contribution in [0.5, 0.6) is 0 Å². The van der Waals surface area contributed by atoms with Crippen LogP contribution in [0.1, 0.15) is 41.0 Å². The molecule has 0 bridgehead atoms. The highest BCUT2D eigenvalue weighted by atomic mass is 32.2. The summed E-state index contributed by atoms with van der Waals surface area (Å²) in [4.78, 5) is 25.6. The van der Waals surface area contributed by atoms with Crippen molar-refractivity contribution in [2.45, 2.75) is 39.5 Å². The van der Waals surface area contributed by atoms with Gasteiger partial charge in [0.25, 0.3) is 0 Å². The molecule has 0 spiro atoms. The van der Waals surface area contributed by atoms with E-state index in [4.69, 9.17) is 0 Å². The van der Waals surface area contributed by atoms with Crippen LogP contribution in [0.3, 0.4) is 0 Å². The number of carbonyl (C=O) groups excluding carboxylic acids is 2. The van der Waals surface area contributed by atoms with E-state index in [0.29, 0.717) is 25.1 Å². The molecule has 2 atom stereocenters. The van der Waals surface area contributed by atoms with Gasteiger partial charge in [0.05, 0.1) is 6.26 Å². The monoisotopic (exact) mass is 375 g/mol. The van der Waals surface area contributed by atoms with E-state index in [1.54, 1.807) is 0 Å². The zero-order valence-corrected chi connectivity index (χ0v) is 16.5. The van der Waals surface area contributed by atoms with Crippen molar-refractivity contribution in [3.63, 3.8) is 0 Å². The largest absolute Gasteiger partial charge is 0.298 e. The highest BCUT2D eigenvalue weighted by Crippen LogP contribution is 2.37. The summed E-state index contributed by atoms with van der Waals surface area (Å²) in [5.74, 6) is -0.901. The lowest BCUT2D eigenvalue weighted by Gasteiger charge is -2.15. The molecule has 0 amide bonds. The van der Waals surface area contributed by atoms with Gasteiger partial charge < -0.3 is 0 Å². The average molecular weight is 375 g/mol. The number of Topliss-reactive ketones (excluding diaryl/α,β-unsaturated/α-hetero) is 2. The third kappa shape index (κ3) is 3.53. The number of hydrogen-bond acceptors (Lipinski definition) is 4. The lowest BCUT2D eigenvalue weighted by molar-refractivity contribution is -0.123. The van der Waals surface area contributed by atoms with Crippen molar-refractivity contribution in [3.05, 3.63) is 46.0 Å². The molecule has 1 saturated carbocycles. The highest BCUT2D eigenvalue weighted by Gasteiger charge is 2.40. The van der Waals surface area contributed by atoms with E-state index in [1.807, 2.05) is 39.0 Å². The lowest BCUT2D eigenvalue weighted by Crippen LogP contribution is -2.27. The summed E-state index contributed by atoms with van der Waals surface area (Å²) >= 11 is 0. The molecule has 0 N–H and O–H groups in total. The van der Waals surface area contributed by atoms with Gasteiger partial charge in [0.15, 0.2) is 11.6 Å². The second kappa shape index (κ2) is 6.74. The molecule has 1 heterocycles. The number of benzene rings is 1. The number of sulfonamides is 1. The maximum atomic E-state index is 13.0. The van der Waals surface area contributed by atoms with E-state index >= 15 is 0 Å². The molecule has 1 aromatic rings. The summed E-state index contributed by atoms with van der Waals surface area (Å²) < 4.78 is 24.7. The summed E-state index contributed by atoms with van der Waals surface area (Å²) in [5.41, 5.74) is 4.43. The third-order valence-electron chi connectivity index (χ3n) is 5.39. The molecule has 6 heteroatoms. The quantitative estimate of drug-likeness (QED) is 0.601. The van der Waals surface area contributed by atoms with Gasteiger partial charge in [0, 0.05) is 19.5 Å².